The number of benzene rings is 4. The van der Waals surface area contributed by atoms with Crippen molar-refractivity contribution in [2.75, 3.05) is 0 Å². The summed E-state index contributed by atoms with van der Waals surface area (Å²) in [6, 6.07) is 43.1. The van der Waals surface area contributed by atoms with Crippen LogP contribution in [0.1, 0.15) is 35.9 Å². The average Bonchev–Trinajstić information content (AvgIpc) is 3.59. The van der Waals surface area contributed by atoms with Gasteiger partial charge in [0.05, 0.1) is 28.5 Å². The molecule has 0 N–H and O–H groups in total. The third-order valence-corrected chi connectivity index (χ3v) is 10.4. The maximum absolute atomic E-state index is 4.71. The minimum atomic E-state index is 0.264. The normalized spacial score (nSPS) is 17.8. The smallest absolute Gasteiger partial charge is 0.218 e. The lowest BCUT2D eigenvalue weighted by atomic mass is 9.77. The molecule has 4 aromatic carbocycles. The Kier molecular flexibility index (Phi) is 4.88. The largest absolute Gasteiger partial charge is 0.308 e. The van der Waals surface area contributed by atoms with Crippen molar-refractivity contribution in [2.24, 2.45) is 0 Å². The molecule has 44 heavy (non-hydrogen) atoms. The van der Waals surface area contributed by atoms with Crippen molar-refractivity contribution in [1.29, 1.82) is 0 Å². The number of allylic oxidation sites excluding steroid dienone is 1. The van der Waals surface area contributed by atoms with Gasteiger partial charge in [-0.25, -0.2) is 0 Å². The van der Waals surface area contributed by atoms with Gasteiger partial charge in [0.25, 0.3) is 0 Å². The van der Waals surface area contributed by atoms with Crippen molar-refractivity contribution in [3.63, 3.8) is 0 Å². The van der Waals surface area contributed by atoms with Crippen LogP contribution in [0.4, 0.5) is 0 Å². The van der Waals surface area contributed by atoms with Crippen molar-refractivity contribution in [1.82, 2.24) is 4.40 Å². The highest BCUT2D eigenvalue weighted by molar-refractivity contribution is 6.23. The van der Waals surface area contributed by atoms with E-state index in [-0.39, 0.29) is 6.04 Å². The highest BCUT2D eigenvalue weighted by Crippen LogP contribution is 2.48. The van der Waals surface area contributed by atoms with E-state index < -0.39 is 0 Å². The molecule has 0 aliphatic carbocycles. The molecule has 4 aromatic heterocycles. The molecule has 208 valence electrons. The number of aryl methyl sites for hydroxylation is 1. The summed E-state index contributed by atoms with van der Waals surface area (Å²) in [6.07, 6.45) is 7.46. The molecule has 0 bridgehead atoms. The number of rotatable bonds is 0. The van der Waals surface area contributed by atoms with Gasteiger partial charge >= 0.3 is 0 Å². The molecule has 8 aromatic rings. The van der Waals surface area contributed by atoms with Crippen LogP contribution >= 0.6 is 0 Å². The number of aromatic nitrogens is 3. The number of para-hydroxylation sites is 2. The van der Waals surface area contributed by atoms with E-state index in [1.165, 1.54) is 71.7 Å². The average molecular weight is 566 g/mol. The van der Waals surface area contributed by atoms with Crippen LogP contribution in [0.25, 0.3) is 66.3 Å². The van der Waals surface area contributed by atoms with E-state index in [1.54, 1.807) is 0 Å². The Morgan fingerprint density at radius 1 is 0.636 bits per heavy atom. The Labute approximate surface area is 255 Å². The monoisotopic (exact) mass is 565 g/mol. The summed E-state index contributed by atoms with van der Waals surface area (Å²) in [5.74, 6) is 0.340. The molecule has 0 amide bonds. The molecule has 10 rings (SSSR count). The van der Waals surface area contributed by atoms with Crippen molar-refractivity contribution in [2.45, 2.75) is 31.2 Å². The van der Waals surface area contributed by atoms with Crippen molar-refractivity contribution >= 4 is 43.8 Å². The lowest BCUT2D eigenvalue weighted by Gasteiger charge is -2.31. The lowest BCUT2D eigenvalue weighted by Crippen LogP contribution is -2.49. The Balaban J connectivity index is 1.27. The molecule has 2 aliphatic heterocycles. The molecule has 0 saturated carbocycles. The topological polar surface area (TPSA) is 12.2 Å². The zero-order chi connectivity index (χ0) is 28.9. The van der Waals surface area contributed by atoms with Crippen LogP contribution in [-0.4, -0.2) is 4.40 Å². The highest BCUT2D eigenvalue weighted by Gasteiger charge is 2.42. The standard InChI is InChI=1S/C41H31N3/c1-26-23-39-30(20-19-27-11-2-3-12-28(27)36-16-6-8-21-42(26)36)33-25-40-34(24-35(33)37-17-7-9-22-43(37)39)32-15-10-14-31-29-13-4-5-18-38(29)44(40)41(31)32/h2-18,21-22,24-25,30,39H,1,19-20,23H2/q+2. The quantitative estimate of drug-likeness (QED) is 0.163. The van der Waals surface area contributed by atoms with Gasteiger partial charge < -0.3 is 4.40 Å². The third kappa shape index (κ3) is 3.16. The number of nitrogens with zero attached hydrogens (tertiary/aromatic N) is 3. The van der Waals surface area contributed by atoms with Crippen molar-refractivity contribution < 1.29 is 9.13 Å². The summed E-state index contributed by atoms with van der Waals surface area (Å²) in [7, 11) is 0. The third-order valence-electron chi connectivity index (χ3n) is 10.4. The van der Waals surface area contributed by atoms with E-state index in [4.69, 9.17) is 6.58 Å². The molecule has 6 heterocycles. The van der Waals surface area contributed by atoms with Crippen LogP contribution in [0.5, 0.6) is 0 Å². The van der Waals surface area contributed by atoms with Crippen LogP contribution < -0.4 is 9.13 Å². The Morgan fingerprint density at radius 2 is 1.39 bits per heavy atom. The predicted molar refractivity (Wildman–Crippen MR) is 179 cm³/mol. The molecular formula is C41H31N3+2. The predicted octanol–water partition coefficient (Wildman–Crippen LogP) is 8.89. The van der Waals surface area contributed by atoms with Crippen LogP contribution in [0.15, 0.2) is 134 Å². The van der Waals surface area contributed by atoms with Gasteiger partial charge in [-0.15, -0.1) is 0 Å². The fourth-order valence-electron chi connectivity index (χ4n) is 8.56. The second kappa shape index (κ2) is 8.87. The van der Waals surface area contributed by atoms with Gasteiger partial charge in [-0.1, -0.05) is 54.6 Å². The highest BCUT2D eigenvalue weighted by atomic mass is 15.0. The Hall–Kier alpha value is -5.28. The summed E-state index contributed by atoms with van der Waals surface area (Å²) in [4.78, 5) is 0. The fraction of sp³-hybridized carbons (Fsp3) is 0.122. The van der Waals surface area contributed by atoms with Gasteiger partial charge in [0.2, 0.25) is 11.4 Å². The zero-order valence-corrected chi connectivity index (χ0v) is 24.4. The second-order valence-corrected chi connectivity index (χ2v) is 12.6. The summed E-state index contributed by atoms with van der Waals surface area (Å²) in [5, 5.41) is 5.33. The molecule has 0 radical (unpaired) electrons. The number of pyridine rings is 2. The SMILES string of the molecule is C=C1CC2C(CCc3ccccc3-c3cccc[n+]31)c1cc3c(cc1-c1cccc[n+]12)c1cccc2c4ccccc4n3c21. The van der Waals surface area contributed by atoms with E-state index in [0.29, 0.717) is 5.92 Å². The first-order valence-electron chi connectivity index (χ1n) is 15.7. The summed E-state index contributed by atoms with van der Waals surface area (Å²) in [6.45, 7) is 4.71. The van der Waals surface area contributed by atoms with Crippen molar-refractivity contribution in [3.8, 4) is 22.5 Å². The van der Waals surface area contributed by atoms with Gasteiger partial charge in [-0.2, -0.15) is 9.13 Å². The lowest BCUT2D eigenvalue weighted by molar-refractivity contribution is -0.720. The van der Waals surface area contributed by atoms with E-state index in [1.807, 2.05) is 0 Å². The van der Waals surface area contributed by atoms with Crippen LogP contribution in [-0.2, 0) is 6.42 Å². The van der Waals surface area contributed by atoms with E-state index in [0.717, 1.165) is 25.0 Å². The number of hydrogen-bond acceptors (Lipinski definition) is 0. The van der Waals surface area contributed by atoms with E-state index in [9.17, 15) is 0 Å². The van der Waals surface area contributed by atoms with E-state index >= 15 is 0 Å². The summed E-state index contributed by atoms with van der Waals surface area (Å²) >= 11 is 0. The first-order valence-corrected chi connectivity index (χ1v) is 15.7. The van der Waals surface area contributed by atoms with Gasteiger partial charge in [-0.3, -0.25) is 0 Å². The van der Waals surface area contributed by atoms with Gasteiger partial charge in [0, 0.05) is 57.3 Å². The first kappa shape index (κ1) is 24.2. The van der Waals surface area contributed by atoms with Crippen molar-refractivity contribution in [3.05, 3.63) is 145 Å². The number of hydrogen-bond donors (Lipinski definition) is 0. The molecular weight excluding hydrogens is 534 g/mol. The van der Waals surface area contributed by atoms with Crippen LogP contribution in [0, 0.1) is 0 Å². The Bertz CT molecular complexity index is 2460. The van der Waals surface area contributed by atoms with E-state index in [2.05, 4.69) is 141 Å². The summed E-state index contributed by atoms with van der Waals surface area (Å²) < 4.78 is 7.40. The molecule has 2 aliphatic rings. The molecule has 2 unspecified atom stereocenters. The molecule has 3 heteroatoms. The molecule has 2 atom stereocenters. The molecule has 0 saturated heterocycles. The van der Waals surface area contributed by atoms with Gasteiger partial charge in [0.15, 0.2) is 24.1 Å². The Morgan fingerprint density at radius 3 is 2.32 bits per heavy atom. The maximum atomic E-state index is 4.71. The maximum Gasteiger partial charge on any atom is 0.218 e. The fourth-order valence-corrected chi connectivity index (χ4v) is 8.56. The first-order chi connectivity index (χ1) is 21.8. The minimum Gasteiger partial charge on any atom is -0.308 e. The second-order valence-electron chi connectivity index (χ2n) is 12.6. The van der Waals surface area contributed by atoms with Crippen LogP contribution in [0.3, 0.4) is 0 Å². The zero-order valence-electron chi connectivity index (χ0n) is 24.4. The van der Waals surface area contributed by atoms with Gasteiger partial charge in [-0.05, 0) is 66.9 Å². The number of fused-ring (bicyclic) bond motifs is 15. The van der Waals surface area contributed by atoms with Gasteiger partial charge in [0.1, 0.15) is 0 Å². The minimum absolute atomic E-state index is 0.264. The summed E-state index contributed by atoms with van der Waals surface area (Å²) in [5.41, 5.74) is 13.1. The molecule has 0 fully saturated rings. The molecule has 0 spiro atoms. The molecule has 3 nitrogen and oxygen atoms in total. The van der Waals surface area contributed by atoms with Crippen LogP contribution in [0.2, 0.25) is 0 Å².